The number of ether oxygens (including phenoxy) is 1. The van der Waals surface area contributed by atoms with Crippen molar-refractivity contribution < 1.29 is 9.26 Å². The van der Waals surface area contributed by atoms with Crippen LogP contribution in [-0.2, 0) is 18.8 Å². The first kappa shape index (κ1) is 20.2. The average Bonchev–Trinajstić information content (AvgIpc) is 3.30. The van der Waals surface area contributed by atoms with Crippen LogP contribution in [0.15, 0.2) is 33.9 Å². The fraction of sp³-hybridized carbons (Fsp3) is 0.474. The molecule has 2 N–H and O–H groups in total. The summed E-state index contributed by atoms with van der Waals surface area (Å²) in [6.45, 7) is 6.69. The zero-order valence-electron chi connectivity index (χ0n) is 16.5. The van der Waals surface area contributed by atoms with Crippen molar-refractivity contribution in [3.8, 4) is 5.75 Å². The molecule has 3 rings (SSSR count). The topological polar surface area (TPSA) is 105 Å². The number of unbranched alkanes of at least 4 members (excludes halogenated alkanes) is 1. The van der Waals surface area contributed by atoms with E-state index in [-0.39, 0.29) is 6.61 Å². The van der Waals surface area contributed by atoms with Crippen LogP contribution in [0.4, 0.5) is 0 Å². The Morgan fingerprint density at radius 1 is 1.21 bits per heavy atom. The van der Waals surface area contributed by atoms with Gasteiger partial charge in [0.1, 0.15) is 12.4 Å². The van der Waals surface area contributed by atoms with E-state index in [2.05, 4.69) is 53.2 Å². The Labute approximate surface area is 168 Å². The van der Waals surface area contributed by atoms with E-state index in [1.54, 1.807) is 0 Å². The first-order chi connectivity index (χ1) is 13.6. The molecule has 1 aromatic carbocycles. The predicted octanol–water partition coefficient (Wildman–Crippen LogP) is 3.71. The van der Waals surface area contributed by atoms with Crippen LogP contribution in [0, 0.1) is 0 Å². The molecule has 0 fully saturated rings. The number of nitrogens with two attached hydrogens (primary N) is 1. The van der Waals surface area contributed by atoms with Gasteiger partial charge in [0.25, 0.3) is 0 Å². The van der Waals surface area contributed by atoms with Crippen LogP contribution < -0.4 is 10.6 Å². The van der Waals surface area contributed by atoms with E-state index in [9.17, 15) is 0 Å². The molecule has 0 radical (unpaired) electrons. The molecule has 0 bridgehead atoms. The third kappa shape index (κ3) is 5.25. The number of hydrogen-bond donors (Lipinski definition) is 1. The zero-order chi connectivity index (χ0) is 19.9. The third-order valence-electron chi connectivity index (χ3n) is 4.24. The second-order valence-corrected chi connectivity index (χ2v) is 7.72. The van der Waals surface area contributed by atoms with Crippen molar-refractivity contribution in [3.05, 3.63) is 47.4 Å². The molecule has 0 unspecified atom stereocenters. The van der Waals surface area contributed by atoms with Gasteiger partial charge in [-0.05, 0) is 30.0 Å². The smallest absolute Gasteiger partial charge is 0.237 e. The van der Waals surface area contributed by atoms with Crippen molar-refractivity contribution in [2.45, 2.75) is 63.5 Å². The molecule has 8 nitrogen and oxygen atoms in total. The summed E-state index contributed by atoms with van der Waals surface area (Å²) in [4.78, 5) is 4.37. The predicted molar refractivity (Wildman–Crippen MR) is 108 cm³/mol. The maximum Gasteiger partial charge on any atom is 0.237 e. The van der Waals surface area contributed by atoms with Gasteiger partial charge < -0.3 is 15.1 Å². The molecule has 0 amide bonds. The lowest BCUT2D eigenvalue weighted by Crippen LogP contribution is -2.15. The number of thioether (sulfide) groups is 1. The molecule has 0 aliphatic heterocycles. The van der Waals surface area contributed by atoms with Crippen molar-refractivity contribution in [2.24, 2.45) is 0 Å². The van der Waals surface area contributed by atoms with Crippen LogP contribution >= 0.6 is 11.8 Å². The van der Waals surface area contributed by atoms with Crippen molar-refractivity contribution >= 4 is 11.8 Å². The van der Waals surface area contributed by atoms with E-state index in [0.29, 0.717) is 28.5 Å². The normalized spacial score (nSPS) is 11.3. The summed E-state index contributed by atoms with van der Waals surface area (Å²) in [5.41, 5.74) is 1.27. The highest BCUT2D eigenvalue weighted by Gasteiger charge is 2.13. The Kier molecular flexibility index (Phi) is 6.91. The van der Waals surface area contributed by atoms with Crippen molar-refractivity contribution in [3.63, 3.8) is 0 Å². The van der Waals surface area contributed by atoms with Crippen molar-refractivity contribution in [2.75, 3.05) is 5.84 Å². The molecule has 3 aromatic rings. The molecular formula is C19H26N6O2S. The highest BCUT2D eigenvalue weighted by atomic mass is 32.2. The Bertz CT molecular complexity index is 875. The van der Waals surface area contributed by atoms with E-state index in [4.69, 9.17) is 15.1 Å². The van der Waals surface area contributed by atoms with E-state index >= 15 is 0 Å². The lowest BCUT2D eigenvalue weighted by molar-refractivity contribution is 0.291. The van der Waals surface area contributed by atoms with Crippen molar-refractivity contribution in [1.82, 2.24) is 25.0 Å². The Balaban J connectivity index is 1.52. The van der Waals surface area contributed by atoms with Gasteiger partial charge in [0.05, 0.1) is 5.75 Å². The highest BCUT2D eigenvalue weighted by molar-refractivity contribution is 7.98. The Hall–Kier alpha value is -2.55. The van der Waals surface area contributed by atoms with Gasteiger partial charge in [-0.3, -0.25) is 0 Å². The lowest BCUT2D eigenvalue weighted by Gasteiger charge is -2.08. The molecule has 150 valence electrons. The fourth-order valence-corrected chi connectivity index (χ4v) is 3.23. The fourth-order valence-electron chi connectivity index (χ4n) is 2.51. The van der Waals surface area contributed by atoms with Crippen LogP contribution in [-0.4, -0.2) is 25.0 Å². The first-order valence-corrected chi connectivity index (χ1v) is 10.4. The monoisotopic (exact) mass is 402 g/mol. The minimum Gasteiger partial charge on any atom is -0.486 e. The first-order valence-electron chi connectivity index (χ1n) is 9.43. The van der Waals surface area contributed by atoms with Gasteiger partial charge in [-0.25, -0.2) is 4.68 Å². The lowest BCUT2D eigenvalue weighted by atomic mass is 10.0. The number of aryl methyl sites for hydroxylation is 1. The highest BCUT2D eigenvalue weighted by Crippen LogP contribution is 2.21. The van der Waals surface area contributed by atoms with Crippen LogP contribution in [0.25, 0.3) is 0 Å². The molecule has 0 saturated heterocycles. The van der Waals surface area contributed by atoms with E-state index < -0.39 is 0 Å². The van der Waals surface area contributed by atoms with Crippen LogP contribution in [0.3, 0.4) is 0 Å². The maximum atomic E-state index is 6.09. The summed E-state index contributed by atoms with van der Waals surface area (Å²) < 4.78 is 12.5. The molecule has 0 atom stereocenters. The molecule has 0 saturated carbocycles. The summed E-state index contributed by atoms with van der Waals surface area (Å²) >= 11 is 1.40. The van der Waals surface area contributed by atoms with Gasteiger partial charge in [-0.1, -0.05) is 56.2 Å². The van der Waals surface area contributed by atoms with Gasteiger partial charge in [0.15, 0.2) is 11.6 Å². The molecule has 2 heterocycles. The molecule has 28 heavy (non-hydrogen) atoms. The molecule has 0 aliphatic carbocycles. The average molecular weight is 403 g/mol. The molecule has 9 heteroatoms. The number of rotatable bonds is 10. The number of aromatic nitrogens is 5. The second-order valence-electron chi connectivity index (χ2n) is 6.78. The summed E-state index contributed by atoms with van der Waals surface area (Å²) in [5, 5.41) is 12.8. The van der Waals surface area contributed by atoms with Crippen LogP contribution in [0.2, 0.25) is 0 Å². The van der Waals surface area contributed by atoms with Crippen molar-refractivity contribution in [1.29, 1.82) is 0 Å². The number of nitrogens with zero attached hydrogens (tertiary/aromatic N) is 5. The van der Waals surface area contributed by atoms with Gasteiger partial charge >= 0.3 is 0 Å². The summed E-state index contributed by atoms with van der Waals surface area (Å²) in [5.74, 6) is 9.68. The van der Waals surface area contributed by atoms with Crippen LogP contribution in [0.5, 0.6) is 5.75 Å². The standard InChI is InChI=1S/C19H26N6O2S/c1-4-5-6-16-21-18(27-24-16)12-28-19-23-22-17(25(19)20)11-26-15-9-7-14(8-10-15)13(2)3/h7-10,13H,4-6,11-12,20H2,1-3H3. The molecule has 0 spiro atoms. The van der Waals surface area contributed by atoms with Gasteiger partial charge in [-0.15, -0.1) is 10.2 Å². The minimum atomic E-state index is 0.243. The largest absolute Gasteiger partial charge is 0.486 e. The quantitative estimate of drug-likeness (QED) is 0.404. The third-order valence-corrected chi connectivity index (χ3v) is 5.17. The zero-order valence-corrected chi connectivity index (χ0v) is 17.3. The number of hydrogen-bond acceptors (Lipinski definition) is 8. The number of benzene rings is 1. The van der Waals surface area contributed by atoms with E-state index in [1.165, 1.54) is 22.0 Å². The van der Waals surface area contributed by atoms with E-state index in [1.807, 2.05) is 12.1 Å². The van der Waals surface area contributed by atoms with Gasteiger partial charge in [0.2, 0.25) is 11.0 Å². The molecule has 0 aliphatic rings. The van der Waals surface area contributed by atoms with Crippen LogP contribution in [0.1, 0.15) is 62.6 Å². The summed E-state index contributed by atoms with van der Waals surface area (Å²) in [6, 6.07) is 8.03. The van der Waals surface area contributed by atoms with Gasteiger partial charge in [0, 0.05) is 6.42 Å². The number of nitrogen functional groups attached to an aromatic ring is 1. The van der Waals surface area contributed by atoms with E-state index in [0.717, 1.165) is 30.8 Å². The molecular weight excluding hydrogens is 376 g/mol. The molecule has 2 aromatic heterocycles. The Morgan fingerprint density at radius 3 is 2.71 bits per heavy atom. The SMILES string of the molecule is CCCCc1noc(CSc2nnc(COc3ccc(C(C)C)cc3)n2N)n1. The minimum absolute atomic E-state index is 0.243. The summed E-state index contributed by atoms with van der Waals surface area (Å²) in [7, 11) is 0. The maximum absolute atomic E-state index is 6.09. The van der Waals surface area contributed by atoms with Gasteiger partial charge in [-0.2, -0.15) is 4.98 Å². The second kappa shape index (κ2) is 9.59. The Morgan fingerprint density at radius 2 is 2.00 bits per heavy atom. The summed E-state index contributed by atoms with van der Waals surface area (Å²) in [6.07, 6.45) is 2.98.